The molecule has 0 saturated carbocycles. The molecule has 1 aromatic heterocycles. The fraction of sp³-hybridized carbons (Fsp3) is 0.130. The van der Waals surface area contributed by atoms with Crippen molar-refractivity contribution in [3.05, 3.63) is 93.6 Å². The lowest BCUT2D eigenvalue weighted by Gasteiger charge is -2.23. The van der Waals surface area contributed by atoms with E-state index in [9.17, 15) is 0 Å². The lowest BCUT2D eigenvalue weighted by molar-refractivity contribution is 0.719. The van der Waals surface area contributed by atoms with Gasteiger partial charge in [-0.1, -0.05) is 58.7 Å². The Labute approximate surface area is 185 Å². The number of anilines is 2. The zero-order valence-electron chi connectivity index (χ0n) is 16.6. The Morgan fingerprint density at radius 3 is 1.97 bits per heavy atom. The Balaban J connectivity index is 1.77. The van der Waals surface area contributed by atoms with E-state index in [1.807, 2.05) is 80.7 Å². The number of nitrogens with one attached hydrogen (secondary N) is 1. The molecule has 0 radical (unpaired) electrons. The number of nitrogen functional groups attached to an aromatic ring is 1. The van der Waals surface area contributed by atoms with Gasteiger partial charge in [0.05, 0.1) is 28.8 Å². The van der Waals surface area contributed by atoms with Gasteiger partial charge in [-0.05, 0) is 54.4 Å². The second-order valence-electron chi connectivity index (χ2n) is 7.13. The van der Waals surface area contributed by atoms with Crippen LogP contribution in [0.25, 0.3) is 11.3 Å². The first kappa shape index (κ1) is 20.3. The highest BCUT2D eigenvalue weighted by molar-refractivity contribution is 6.30. The van der Waals surface area contributed by atoms with E-state index in [2.05, 4.69) is 15.6 Å². The molecule has 4 aromatic rings. The maximum absolute atomic E-state index is 6.33. The van der Waals surface area contributed by atoms with Gasteiger partial charge in [-0.2, -0.15) is 0 Å². The van der Waals surface area contributed by atoms with Crippen molar-refractivity contribution < 1.29 is 0 Å². The van der Waals surface area contributed by atoms with Crippen molar-refractivity contribution >= 4 is 34.6 Å². The van der Waals surface area contributed by atoms with Gasteiger partial charge in [-0.25, -0.2) is 4.68 Å². The fourth-order valence-electron chi connectivity index (χ4n) is 3.51. The van der Waals surface area contributed by atoms with Crippen LogP contribution in [-0.4, -0.2) is 15.0 Å². The van der Waals surface area contributed by atoms with Crippen molar-refractivity contribution in [3.8, 4) is 11.3 Å². The molecule has 0 atom stereocenters. The van der Waals surface area contributed by atoms with Crippen LogP contribution < -0.4 is 11.1 Å². The quantitative estimate of drug-likeness (QED) is 0.382. The molecule has 0 saturated heterocycles. The summed E-state index contributed by atoms with van der Waals surface area (Å²) in [6, 6.07) is 21.3. The summed E-state index contributed by atoms with van der Waals surface area (Å²) in [6.45, 7) is 1.94. The molecule has 0 aliphatic carbocycles. The molecule has 0 spiro atoms. The minimum Gasteiger partial charge on any atom is -0.397 e. The molecule has 0 amide bonds. The molecule has 152 valence electrons. The summed E-state index contributed by atoms with van der Waals surface area (Å²) in [4.78, 5) is 0. The molecule has 0 aliphatic rings. The molecule has 0 aliphatic heterocycles. The van der Waals surface area contributed by atoms with E-state index < -0.39 is 0 Å². The van der Waals surface area contributed by atoms with E-state index >= 15 is 0 Å². The molecule has 0 bridgehead atoms. The predicted molar refractivity (Wildman–Crippen MR) is 124 cm³/mol. The Bertz CT molecular complexity index is 1100. The third-order valence-corrected chi connectivity index (χ3v) is 5.53. The average molecular weight is 438 g/mol. The Hall–Kier alpha value is -3.02. The Morgan fingerprint density at radius 1 is 0.900 bits per heavy atom. The number of nitrogens with zero attached hydrogens (tertiary/aromatic N) is 3. The van der Waals surface area contributed by atoms with Gasteiger partial charge in [0.1, 0.15) is 0 Å². The van der Waals surface area contributed by atoms with Crippen molar-refractivity contribution in [2.75, 3.05) is 11.1 Å². The maximum Gasteiger partial charge on any atom is 0.0912 e. The van der Waals surface area contributed by atoms with Gasteiger partial charge in [0.15, 0.2) is 0 Å². The normalized spacial score (nSPS) is 11.1. The standard InChI is InChI=1S/C23H21Cl2N5/c1-14-23(30(2)29-28-14)17-7-12-20(26)21(13-17)27-22(15-3-8-18(24)9-4-15)16-5-10-19(25)11-6-16/h3-13,22,27H,26H2,1-2H3. The summed E-state index contributed by atoms with van der Waals surface area (Å²) in [5.74, 6) is 0. The second-order valence-corrected chi connectivity index (χ2v) is 8.00. The molecule has 0 fully saturated rings. The first-order valence-electron chi connectivity index (χ1n) is 9.46. The van der Waals surface area contributed by atoms with Crippen LogP contribution in [0.5, 0.6) is 0 Å². The summed E-state index contributed by atoms with van der Waals surface area (Å²) in [7, 11) is 1.88. The molecule has 4 rings (SSSR count). The predicted octanol–water partition coefficient (Wildman–Crippen LogP) is 5.88. The van der Waals surface area contributed by atoms with Crippen LogP contribution in [0.4, 0.5) is 11.4 Å². The van der Waals surface area contributed by atoms with E-state index in [1.165, 1.54) is 0 Å². The monoisotopic (exact) mass is 437 g/mol. The molecule has 30 heavy (non-hydrogen) atoms. The highest BCUT2D eigenvalue weighted by Gasteiger charge is 2.17. The summed E-state index contributed by atoms with van der Waals surface area (Å²) < 4.78 is 1.76. The average Bonchev–Trinajstić information content (AvgIpc) is 3.07. The van der Waals surface area contributed by atoms with Gasteiger partial charge in [0.25, 0.3) is 0 Å². The first-order chi connectivity index (χ1) is 14.4. The summed E-state index contributed by atoms with van der Waals surface area (Å²) >= 11 is 12.2. The van der Waals surface area contributed by atoms with Crippen LogP contribution in [0.15, 0.2) is 66.7 Å². The fourth-order valence-corrected chi connectivity index (χ4v) is 3.76. The lowest BCUT2D eigenvalue weighted by Crippen LogP contribution is -2.13. The number of benzene rings is 3. The van der Waals surface area contributed by atoms with Crippen molar-refractivity contribution in [1.29, 1.82) is 0 Å². The molecular weight excluding hydrogens is 417 g/mol. The molecule has 3 aromatic carbocycles. The number of hydrogen-bond acceptors (Lipinski definition) is 4. The SMILES string of the molecule is Cc1nnn(C)c1-c1ccc(N)c(NC(c2ccc(Cl)cc2)c2ccc(Cl)cc2)c1. The summed E-state index contributed by atoms with van der Waals surface area (Å²) in [5.41, 5.74) is 12.7. The van der Waals surface area contributed by atoms with E-state index in [0.29, 0.717) is 15.7 Å². The van der Waals surface area contributed by atoms with Crippen LogP contribution in [0, 0.1) is 6.92 Å². The zero-order chi connectivity index (χ0) is 21.3. The second kappa shape index (κ2) is 8.38. The van der Waals surface area contributed by atoms with Crippen LogP contribution in [0.3, 0.4) is 0 Å². The minimum atomic E-state index is -0.136. The smallest absolute Gasteiger partial charge is 0.0912 e. The molecule has 0 unspecified atom stereocenters. The van der Waals surface area contributed by atoms with Crippen molar-refractivity contribution in [1.82, 2.24) is 15.0 Å². The third-order valence-electron chi connectivity index (χ3n) is 5.03. The topological polar surface area (TPSA) is 68.8 Å². The number of halogens is 2. The van der Waals surface area contributed by atoms with Gasteiger partial charge in [0.2, 0.25) is 0 Å². The van der Waals surface area contributed by atoms with Crippen molar-refractivity contribution in [2.24, 2.45) is 7.05 Å². The summed E-state index contributed by atoms with van der Waals surface area (Å²) in [6.07, 6.45) is 0. The van der Waals surface area contributed by atoms with E-state index in [0.717, 1.165) is 33.8 Å². The number of aryl methyl sites for hydroxylation is 2. The Kier molecular flexibility index (Phi) is 5.66. The highest BCUT2D eigenvalue weighted by atomic mass is 35.5. The largest absolute Gasteiger partial charge is 0.397 e. The van der Waals surface area contributed by atoms with Crippen molar-refractivity contribution in [2.45, 2.75) is 13.0 Å². The number of rotatable bonds is 5. The number of aromatic nitrogens is 3. The highest BCUT2D eigenvalue weighted by Crippen LogP contribution is 2.34. The van der Waals surface area contributed by atoms with Crippen LogP contribution in [0.1, 0.15) is 22.9 Å². The molecule has 5 nitrogen and oxygen atoms in total. The van der Waals surface area contributed by atoms with Gasteiger partial charge in [-0.3, -0.25) is 0 Å². The molecule has 3 N–H and O–H groups in total. The third kappa shape index (κ3) is 4.13. The zero-order valence-corrected chi connectivity index (χ0v) is 18.1. The van der Waals surface area contributed by atoms with Gasteiger partial charge in [-0.15, -0.1) is 5.10 Å². The first-order valence-corrected chi connectivity index (χ1v) is 10.2. The van der Waals surface area contributed by atoms with Crippen LogP contribution in [0.2, 0.25) is 10.0 Å². The van der Waals surface area contributed by atoms with E-state index in [-0.39, 0.29) is 6.04 Å². The van der Waals surface area contributed by atoms with Gasteiger partial charge >= 0.3 is 0 Å². The molecular formula is C23H21Cl2N5. The Morgan fingerprint density at radius 2 is 1.47 bits per heavy atom. The van der Waals surface area contributed by atoms with Crippen molar-refractivity contribution in [3.63, 3.8) is 0 Å². The molecule has 7 heteroatoms. The van der Waals surface area contributed by atoms with Crippen LogP contribution in [-0.2, 0) is 7.05 Å². The number of hydrogen-bond donors (Lipinski definition) is 2. The number of nitrogens with two attached hydrogens (primary N) is 1. The van der Waals surface area contributed by atoms with Gasteiger partial charge in [0, 0.05) is 22.7 Å². The maximum atomic E-state index is 6.33. The van der Waals surface area contributed by atoms with Crippen LogP contribution >= 0.6 is 23.2 Å². The van der Waals surface area contributed by atoms with Gasteiger partial charge < -0.3 is 11.1 Å². The minimum absolute atomic E-state index is 0.136. The summed E-state index contributed by atoms with van der Waals surface area (Å²) in [5, 5.41) is 13.2. The van der Waals surface area contributed by atoms with E-state index in [4.69, 9.17) is 28.9 Å². The molecule has 1 heterocycles. The van der Waals surface area contributed by atoms with E-state index in [1.54, 1.807) is 4.68 Å². The lowest BCUT2D eigenvalue weighted by atomic mass is 9.98.